The molecule has 0 saturated carbocycles. The fourth-order valence-corrected chi connectivity index (χ4v) is 3.08. The molecule has 0 unspecified atom stereocenters. The standard InChI is InChI=1S/C19H27NO5/c1-19(2,18-24-11-12-25-18)7-3-8-20-17(21)14-5-6-15-16(13-14)23-10-4-9-22-15/h5-6,13,18H,3-4,7-12H2,1-2H3,(H,20,21). The van der Waals surface area contributed by atoms with E-state index in [4.69, 9.17) is 18.9 Å². The van der Waals surface area contributed by atoms with Crippen LogP contribution < -0.4 is 14.8 Å². The molecule has 0 aromatic heterocycles. The fourth-order valence-electron chi connectivity index (χ4n) is 3.08. The molecule has 1 aromatic rings. The largest absolute Gasteiger partial charge is 0.490 e. The lowest BCUT2D eigenvalue weighted by Crippen LogP contribution is -2.32. The van der Waals surface area contributed by atoms with Crippen molar-refractivity contribution in [1.29, 1.82) is 0 Å². The van der Waals surface area contributed by atoms with E-state index < -0.39 is 0 Å². The second kappa shape index (κ2) is 8.06. The minimum Gasteiger partial charge on any atom is -0.490 e. The normalized spacial score (nSPS) is 18.0. The maximum Gasteiger partial charge on any atom is 0.251 e. The molecule has 1 N–H and O–H groups in total. The topological polar surface area (TPSA) is 66.0 Å². The summed E-state index contributed by atoms with van der Waals surface area (Å²) in [7, 11) is 0. The van der Waals surface area contributed by atoms with Crippen molar-refractivity contribution in [3.05, 3.63) is 23.8 Å². The lowest BCUT2D eigenvalue weighted by Gasteiger charge is -2.29. The van der Waals surface area contributed by atoms with Crippen molar-refractivity contribution < 1.29 is 23.7 Å². The molecule has 0 radical (unpaired) electrons. The summed E-state index contributed by atoms with van der Waals surface area (Å²) in [6.07, 6.45) is 2.48. The predicted octanol–water partition coefficient (Wildman–Crippen LogP) is 2.76. The Balaban J connectivity index is 1.47. The minimum atomic E-state index is -0.148. The fraction of sp³-hybridized carbons (Fsp3) is 0.632. The van der Waals surface area contributed by atoms with Crippen LogP contribution in [0.15, 0.2) is 18.2 Å². The molecule has 1 amide bonds. The SMILES string of the molecule is CC(C)(CCCNC(=O)c1ccc2c(c1)OCCCO2)C1OCCO1. The highest BCUT2D eigenvalue weighted by Gasteiger charge is 2.33. The van der Waals surface area contributed by atoms with Crippen LogP contribution in [0, 0.1) is 5.41 Å². The van der Waals surface area contributed by atoms with E-state index in [1.807, 2.05) is 0 Å². The second-order valence-corrected chi connectivity index (χ2v) is 7.13. The van der Waals surface area contributed by atoms with Gasteiger partial charge in [0.15, 0.2) is 17.8 Å². The maximum absolute atomic E-state index is 12.3. The molecule has 1 fully saturated rings. The summed E-state index contributed by atoms with van der Waals surface area (Å²) in [5.41, 5.74) is 0.530. The van der Waals surface area contributed by atoms with Crippen molar-refractivity contribution in [2.45, 2.75) is 39.4 Å². The smallest absolute Gasteiger partial charge is 0.251 e. The van der Waals surface area contributed by atoms with Crippen molar-refractivity contribution in [1.82, 2.24) is 5.32 Å². The lowest BCUT2D eigenvalue weighted by molar-refractivity contribution is -0.122. The Labute approximate surface area is 148 Å². The van der Waals surface area contributed by atoms with Gasteiger partial charge in [-0.1, -0.05) is 13.8 Å². The quantitative estimate of drug-likeness (QED) is 0.800. The van der Waals surface area contributed by atoms with Crippen molar-refractivity contribution in [3.63, 3.8) is 0 Å². The van der Waals surface area contributed by atoms with E-state index in [1.54, 1.807) is 18.2 Å². The van der Waals surface area contributed by atoms with E-state index in [1.165, 1.54) is 0 Å². The van der Waals surface area contributed by atoms with E-state index in [2.05, 4.69) is 19.2 Å². The highest BCUT2D eigenvalue weighted by Crippen LogP contribution is 2.32. The van der Waals surface area contributed by atoms with Gasteiger partial charge < -0.3 is 24.3 Å². The predicted molar refractivity (Wildman–Crippen MR) is 93.1 cm³/mol. The number of carbonyl (C=O) groups excluding carboxylic acids is 1. The highest BCUT2D eigenvalue weighted by atomic mass is 16.7. The molecule has 2 heterocycles. The number of hydrogen-bond donors (Lipinski definition) is 1. The Morgan fingerprint density at radius 3 is 2.60 bits per heavy atom. The van der Waals surface area contributed by atoms with Crippen molar-refractivity contribution in [2.24, 2.45) is 5.41 Å². The summed E-state index contributed by atoms with van der Waals surface area (Å²) in [5.74, 6) is 1.25. The van der Waals surface area contributed by atoms with Gasteiger partial charge in [-0.2, -0.15) is 0 Å². The number of rotatable bonds is 6. The molecule has 0 atom stereocenters. The molecule has 0 spiro atoms. The number of ether oxygens (including phenoxy) is 4. The molecule has 25 heavy (non-hydrogen) atoms. The van der Waals surface area contributed by atoms with Crippen LogP contribution >= 0.6 is 0 Å². The first-order valence-electron chi connectivity index (χ1n) is 8.97. The molecule has 2 aliphatic rings. The van der Waals surface area contributed by atoms with Crippen LogP contribution in [0.5, 0.6) is 11.5 Å². The molecule has 3 rings (SSSR count). The van der Waals surface area contributed by atoms with E-state index in [0.29, 0.717) is 50.0 Å². The number of hydrogen-bond acceptors (Lipinski definition) is 5. The van der Waals surface area contributed by atoms with Gasteiger partial charge in [0.1, 0.15) is 0 Å². The first-order chi connectivity index (χ1) is 12.1. The summed E-state index contributed by atoms with van der Waals surface area (Å²) < 4.78 is 22.4. The summed E-state index contributed by atoms with van der Waals surface area (Å²) >= 11 is 0. The van der Waals surface area contributed by atoms with Gasteiger partial charge in [0.25, 0.3) is 5.91 Å². The van der Waals surface area contributed by atoms with Crippen LogP contribution in [-0.4, -0.2) is 45.2 Å². The summed E-state index contributed by atoms with van der Waals surface area (Å²) in [5, 5.41) is 2.97. The van der Waals surface area contributed by atoms with Crippen molar-refractivity contribution in [3.8, 4) is 11.5 Å². The summed E-state index contributed by atoms with van der Waals surface area (Å²) in [4.78, 5) is 12.3. The molecule has 0 aliphatic carbocycles. The Morgan fingerprint density at radius 1 is 1.12 bits per heavy atom. The summed E-state index contributed by atoms with van der Waals surface area (Å²) in [6.45, 7) is 7.46. The molecular formula is C19H27NO5. The van der Waals surface area contributed by atoms with Crippen molar-refractivity contribution in [2.75, 3.05) is 33.0 Å². The Kier molecular flexibility index (Phi) is 5.81. The first-order valence-corrected chi connectivity index (χ1v) is 8.97. The molecule has 138 valence electrons. The van der Waals surface area contributed by atoms with Crippen LogP contribution in [0.25, 0.3) is 0 Å². The van der Waals surface area contributed by atoms with Crippen LogP contribution in [0.3, 0.4) is 0 Å². The molecule has 0 bridgehead atoms. The van der Waals surface area contributed by atoms with E-state index in [0.717, 1.165) is 19.3 Å². The minimum absolute atomic E-state index is 0.0591. The maximum atomic E-state index is 12.3. The number of amides is 1. The van der Waals surface area contributed by atoms with Gasteiger partial charge in [-0.05, 0) is 31.0 Å². The van der Waals surface area contributed by atoms with Gasteiger partial charge in [0, 0.05) is 23.9 Å². The molecule has 1 saturated heterocycles. The monoisotopic (exact) mass is 349 g/mol. The van der Waals surface area contributed by atoms with Gasteiger partial charge in [0.05, 0.1) is 26.4 Å². The average molecular weight is 349 g/mol. The van der Waals surface area contributed by atoms with Crippen LogP contribution in [0.1, 0.15) is 43.5 Å². The number of benzene rings is 1. The zero-order chi connectivity index (χ0) is 17.7. The van der Waals surface area contributed by atoms with E-state index in [-0.39, 0.29) is 17.6 Å². The summed E-state index contributed by atoms with van der Waals surface area (Å²) in [6, 6.07) is 5.32. The third-order valence-electron chi connectivity index (χ3n) is 4.55. The Bertz CT molecular complexity index is 595. The van der Waals surface area contributed by atoms with Gasteiger partial charge >= 0.3 is 0 Å². The highest BCUT2D eigenvalue weighted by molar-refractivity contribution is 5.94. The third kappa shape index (κ3) is 4.64. The van der Waals surface area contributed by atoms with Crippen LogP contribution in [0.2, 0.25) is 0 Å². The molecule has 6 heteroatoms. The number of nitrogens with one attached hydrogen (secondary N) is 1. The average Bonchev–Trinajstić information content (AvgIpc) is 3.05. The molecule has 1 aromatic carbocycles. The Morgan fingerprint density at radius 2 is 1.84 bits per heavy atom. The van der Waals surface area contributed by atoms with Crippen LogP contribution in [-0.2, 0) is 9.47 Å². The van der Waals surface area contributed by atoms with Gasteiger partial charge in [-0.3, -0.25) is 4.79 Å². The second-order valence-electron chi connectivity index (χ2n) is 7.13. The third-order valence-corrected chi connectivity index (χ3v) is 4.55. The van der Waals surface area contributed by atoms with Crippen molar-refractivity contribution >= 4 is 5.91 Å². The van der Waals surface area contributed by atoms with Gasteiger partial charge in [-0.25, -0.2) is 0 Å². The molecule has 2 aliphatic heterocycles. The number of carbonyl (C=O) groups is 1. The van der Waals surface area contributed by atoms with E-state index >= 15 is 0 Å². The van der Waals surface area contributed by atoms with Gasteiger partial charge in [-0.15, -0.1) is 0 Å². The molecular weight excluding hydrogens is 322 g/mol. The first kappa shape index (κ1) is 18.0. The molecule has 6 nitrogen and oxygen atoms in total. The lowest BCUT2D eigenvalue weighted by atomic mass is 9.87. The van der Waals surface area contributed by atoms with E-state index in [9.17, 15) is 4.79 Å². The van der Waals surface area contributed by atoms with Gasteiger partial charge in [0.2, 0.25) is 0 Å². The zero-order valence-electron chi connectivity index (χ0n) is 15.0. The number of fused-ring (bicyclic) bond motifs is 1. The van der Waals surface area contributed by atoms with Crippen LogP contribution in [0.4, 0.5) is 0 Å². The Hall–Kier alpha value is -1.79. The zero-order valence-corrected chi connectivity index (χ0v) is 15.0.